The van der Waals surface area contributed by atoms with Crippen LogP contribution in [0.25, 0.3) is 22.0 Å². The molecular formula is C14H9NOS. The highest BCUT2D eigenvalue weighted by molar-refractivity contribution is 7.11. The van der Waals surface area contributed by atoms with Gasteiger partial charge in [0.25, 0.3) is 0 Å². The largest absolute Gasteiger partial charge is 0.295 e. The first kappa shape index (κ1) is 10.2. The molecule has 82 valence electrons. The van der Waals surface area contributed by atoms with Gasteiger partial charge >= 0.3 is 0 Å². The van der Waals surface area contributed by atoms with E-state index in [2.05, 4.69) is 23.2 Å². The molecule has 0 aliphatic rings. The van der Waals surface area contributed by atoms with Gasteiger partial charge in [0.05, 0.1) is 5.69 Å². The van der Waals surface area contributed by atoms with Gasteiger partial charge in [-0.15, -0.1) is 11.3 Å². The number of fused-ring (bicyclic) bond motifs is 1. The van der Waals surface area contributed by atoms with E-state index in [9.17, 15) is 4.79 Å². The minimum absolute atomic E-state index is 0.521. The number of carbonyl (C=O) groups is 1. The number of carbonyl (C=O) groups excluding carboxylic acids is 1. The van der Waals surface area contributed by atoms with Gasteiger partial charge < -0.3 is 0 Å². The average Bonchev–Trinajstić information content (AvgIpc) is 2.87. The zero-order valence-corrected chi connectivity index (χ0v) is 9.78. The molecule has 0 saturated carbocycles. The van der Waals surface area contributed by atoms with Crippen LogP contribution in [0.15, 0.2) is 47.8 Å². The van der Waals surface area contributed by atoms with Crippen molar-refractivity contribution in [2.75, 3.05) is 0 Å². The number of benzene rings is 2. The molecule has 0 spiro atoms. The first-order valence-electron chi connectivity index (χ1n) is 5.27. The zero-order valence-electron chi connectivity index (χ0n) is 8.96. The number of nitrogens with zero attached hydrogens (tertiary/aromatic N) is 1. The van der Waals surface area contributed by atoms with Crippen molar-refractivity contribution in [1.29, 1.82) is 0 Å². The minimum atomic E-state index is 0.521. The van der Waals surface area contributed by atoms with E-state index >= 15 is 0 Å². The maximum atomic E-state index is 10.7. The maximum absolute atomic E-state index is 10.7. The van der Waals surface area contributed by atoms with Gasteiger partial charge in [-0.1, -0.05) is 42.5 Å². The minimum Gasteiger partial charge on any atom is -0.295 e. The molecule has 0 atom stereocenters. The van der Waals surface area contributed by atoms with Gasteiger partial charge in [-0.3, -0.25) is 4.79 Å². The number of hydrogen-bond acceptors (Lipinski definition) is 3. The molecule has 3 heteroatoms. The van der Waals surface area contributed by atoms with Crippen LogP contribution in [0.2, 0.25) is 0 Å². The van der Waals surface area contributed by atoms with E-state index in [1.165, 1.54) is 16.7 Å². The standard InChI is InChI=1S/C14H9NOS/c16-8-14-15-13(9-17-14)12-7-3-5-10-4-1-2-6-11(10)12/h1-9H. The van der Waals surface area contributed by atoms with Crippen LogP contribution in [0, 0.1) is 0 Å². The van der Waals surface area contributed by atoms with Crippen molar-refractivity contribution in [2.45, 2.75) is 0 Å². The van der Waals surface area contributed by atoms with Crippen molar-refractivity contribution in [3.63, 3.8) is 0 Å². The van der Waals surface area contributed by atoms with Crippen molar-refractivity contribution in [2.24, 2.45) is 0 Å². The van der Waals surface area contributed by atoms with Crippen LogP contribution in [0.3, 0.4) is 0 Å². The van der Waals surface area contributed by atoms with Gasteiger partial charge in [0.1, 0.15) is 0 Å². The zero-order chi connectivity index (χ0) is 11.7. The summed E-state index contributed by atoms with van der Waals surface area (Å²) in [6, 6.07) is 14.3. The molecule has 0 aliphatic heterocycles. The average molecular weight is 239 g/mol. The van der Waals surface area contributed by atoms with E-state index in [-0.39, 0.29) is 0 Å². The lowest BCUT2D eigenvalue weighted by molar-refractivity contribution is 0.112. The van der Waals surface area contributed by atoms with Crippen molar-refractivity contribution in [1.82, 2.24) is 4.98 Å². The molecule has 0 bridgehead atoms. The van der Waals surface area contributed by atoms with Crippen molar-refractivity contribution < 1.29 is 4.79 Å². The predicted molar refractivity (Wildman–Crippen MR) is 70.4 cm³/mol. The van der Waals surface area contributed by atoms with E-state index in [1.54, 1.807) is 0 Å². The Hall–Kier alpha value is -2.00. The second-order valence-corrected chi connectivity index (χ2v) is 4.61. The van der Waals surface area contributed by atoms with E-state index in [0.717, 1.165) is 22.9 Å². The number of aromatic nitrogens is 1. The first-order chi connectivity index (χ1) is 8.38. The first-order valence-corrected chi connectivity index (χ1v) is 6.15. The van der Waals surface area contributed by atoms with E-state index in [0.29, 0.717) is 5.01 Å². The van der Waals surface area contributed by atoms with Gasteiger partial charge in [-0.05, 0) is 10.8 Å². The second kappa shape index (κ2) is 4.11. The Bertz CT molecular complexity index is 682. The summed E-state index contributed by atoms with van der Waals surface area (Å²) in [6.07, 6.45) is 0.791. The molecule has 0 N–H and O–H groups in total. The maximum Gasteiger partial charge on any atom is 0.178 e. The topological polar surface area (TPSA) is 30.0 Å². The molecule has 0 saturated heterocycles. The quantitative estimate of drug-likeness (QED) is 0.637. The van der Waals surface area contributed by atoms with Crippen LogP contribution in [-0.2, 0) is 0 Å². The molecular weight excluding hydrogens is 230 g/mol. The lowest BCUT2D eigenvalue weighted by atomic mass is 10.0. The van der Waals surface area contributed by atoms with Crippen LogP contribution in [-0.4, -0.2) is 11.3 Å². The third kappa shape index (κ3) is 1.74. The molecule has 1 aromatic heterocycles. The van der Waals surface area contributed by atoms with Gasteiger partial charge in [0.15, 0.2) is 11.3 Å². The number of hydrogen-bond donors (Lipinski definition) is 0. The fraction of sp³-hybridized carbons (Fsp3) is 0. The summed E-state index contributed by atoms with van der Waals surface area (Å²) in [6.45, 7) is 0. The van der Waals surface area contributed by atoms with E-state index in [4.69, 9.17) is 0 Å². The molecule has 3 rings (SSSR count). The Balaban J connectivity index is 2.26. The van der Waals surface area contributed by atoms with Crippen molar-refractivity contribution in [3.05, 3.63) is 52.9 Å². The highest BCUT2D eigenvalue weighted by atomic mass is 32.1. The Morgan fingerprint density at radius 1 is 1.06 bits per heavy atom. The number of rotatable bonds is 2. The summed E-state index contributed by atoms with van der Waals surface area (Å²) in [5.41, 5.74) is 1.95. The SMILES string of the molecule is O=Cc1nc(-c2cccc3ccccc23)cs1. The van der Waals surface area contributed by atoms with E-state index < -0.39 is 0 Å². The highest BCUT2D eigenvalue weighted by Crippen LogP contribution is 2.28. The molecule has 2 nitrogen and oxygen atoms in total. The molecule has 0 amide bonds. The summed E-state index contributed by atoms with van der Waals surface area (Å²) in [5.74, 6) is 0. The van der Waals surface area contributed by atoms with Crippen molar-refractivity contribution >= 4 is 28.4 Å². The Morgan fingerprint density at radius 2 is 1.88 bits per heavy atom. The fourth-order valence-electron chi connectivity index (χ4n) is 1.91. The molecule has 17 heavy (non-hydrogen) atoms. The summed E-state index contributed by atoms with van der Waals surface area (Å²) in [5, 5.41) is 4.79. The Kier molecular flexibility index (Phi) is 2.46. The summed E-state index contributed by atoms with van der Waals surface area (Å²) in [4.78, 5) is 15.0. The van der Waals surface area contributed by atoms with Gasteiger partial charge in [0, 0.05) is 10.9 Å². The van der Waals surface area contributed by atoms with Gasteiger partial charge in [0.2, 0.25) is 0 Å². The molecule has 1 heterocycles. The lowest BCUT2D eigenvalue weighted by Crippen LogP contribution is -1.82. The highest BCUT2D eigenvalue weighted by Gasteiger charge is 2.06. The summed E-state index contributed by atoms with van der Waals surface area (Å²) in [7, 11) is 0. The summed E-state index contributed by atoms with van der Waals surface area (Å²) < 4.78 is 0. The van der Waals surface area contributed by atoms with Crippen molar-refractivity contribution in [3.8, 4) is 11.3 Å². The molecule has 0 unspecified atom stereocenters. The van der Waals surface area contributed by atoms with E-state index in [1.807, 2.05) is 29.6 Å². The normalized spacial score (nSPS) is 10.6. The molecule has 2 aromatic carbocycles. The Labute approximate surface area is 103 Å². The summed E-state index contributed by atoms with van der Waals surface area (Å²) >= 11 is 1.37. The predicted octanol–water partition coefficient (Wildman–Crippen LogP) is 3.78. The van der Waals surface area contributed by atoms with Crippen LogP contribution >= 0.6 is 11.3 Å². The molecule has 3 aromatic rings. The van der Waals surface area contributed by atoms with Crippen LogP contribution < -0.4 is 0 Å². The number of aldehydes is 1. The van der Waals surface area contributed by atoms with Crippen LogP contribution in [0.5, 0.6) is 0 Å². The van der Waals surface area contributed by atoms with Gasteiger partial charge in [-0.25, -0.2) is 4.98 Å². The smallest absolute Gasteiger partial charge is 0.178 e. The third-order valence-electron chi connectivity index (χ3n) is 2.69. The van der Waals surface area contributed by atoms with Crippen LogP contribution in [0.4, 0.5) is 0 Å². The fourth-order valence-corrected chi connectivity index (χ4v) is 2.53. The Morgan fingerprint density at radius 3 is 2.71 bits per heavy atom. The van der Waals surface area contributed by atoms with Gasteiger partial charge in [-0.2, -0.15) is 0 Å². The molecule has 0 aliphatic carbocycles. The lowest BCUT2D eigenvalue weighted by Gasteiger charge is -2.03. The molecule has 0 radical (unpaired) electrons. The monoisotopic (exact) mass is 239 g/mol. The number of thiazole rings is 1. The second-order valence-electron chi connectivity index (χ2n) is 3.72. The van der Waals surface area contributed by atoms with Crippen LogP contribution in [0.1, 0.15) is 9.80 Å². The third-order valence-corrected chi connectivity index (χ3v) is 3.46. The molecule has 0 fully saturated rings.